The lowest BCUT2D eigenvalue weighted by Gasteiger charge is -2.36. The number of nitrogens with one attached hydrogen (secondary N) is 1. The number of fused-ring (bicyclic) bond motifs is 1. The highest BCUT2D eigenvalue weighted by atomic mass is 35.5. The number of benzene rings is 1. The molecule has 0 bridgehead atoms. The number of aromatic nitrogens is 2. The second-order valence-corrected chi connectivity index (χ2v) is 8.84. The van der Waals surface area contributed by atoms with Crippen LogP contribution in [-0.2, 0) is 17.8 Å². The lowest BCUT2D eigenvalue weighted by Crippen LogP contribution is -2.49. The molecule has 166 valence electrons. The third kappa shape index (κ3) is 4.53. The zero-order valence-corrected chi connectivity index (χ0v) is 19.2. The third-order valence-corrected chi connectivity index (χ3v) is 6.88. The van der Waals surface area contributed by atoms with Gasteiger partial charge < -0.3 is 14.7 Å². The van der Waals surface area contributed by atoms with E-state index < -0.39 is 0 Å². The topological polar surface area (TPSA) is 72.5 Å². The van der Waals surface area contributed by atoms with Crippen LogP contribution in [-0.4, -0.2) is 64.5 Å². The Labute approximate surface area is 192 Å². The summed E-state index contributed by atoms with van der Waals surface area (Å²) in [6.07, 6.45) is 3.14. The maximum atomic E-state index is 13.2. The predicted octanol–water partition coefficient (Wildman–Crippen LogP) is 3.75. The summed E-state index contributed by atoms with van der Waals surface area (Å²) in [6.45, 7) is 5.68. The van der Waals surface area contributed by atoms with Gasteiger partial charge in [-0.15, -0.1) is 0 Å². The monoisotopic (exact) mass is 463 g/mol. The van der Waals surface area contributed by atoms with Crippen LogP contribution >= 0.6 is 23.2 Å². The number of rotatable bonds is 5. The highest BCUT2D eigenvalue weighted by molar-refractivity contribution is 6.43. The average molecular weight is 464 g/mol. The molecule has 1 aromatic heterocycles. The Morgan fingerprint density at radius 2 is 1.87 bits per heavy atom. The van der Waals surface area contributed by atoms with Crippen LogP contribution in [0.3, 0.4) is 0 Å². The Hall–Kier alpha value is -2.25. The van der Waals surface area contributed by atoms with Crippen LogP contribution in [0.15, 0.2) is 18.2 Å². The first kappa shape index (κ1) is 22.0. The Morgan fingerprint density at radius 3 is 2.61 bits per heavy atom. The van der Waals surface area contributed by atoms with Crippen molar-refractivity contribution in [2.45, 2.75) is 39.2 Å². The Kier molecular flexibility index (Phi) is 6.72. The molecule has 0 spiro atoms. The molecule has 3 heterocycles. The number of hydrogen-bond acceptors (Lipinski definition) is 4. The molecule has 2 amide bonds. The zero-order chi connectivity index (χ0) is 22.0. The fraction of sp³-hybridized carbons (Fsp3) is 0.500. The van der Waals surface area contributed by atoms with Gasteiger partial charge in [0.25, 0.3) is 5.91 Å². The van der Waals surface area contributed by atoms with E-state index >= 15 is 0 Å². The molecule has 0 aliphatic carbocycles. The molecule has 4 rings (SSSR count). The quantitative estimate of drug-likeness (QED) is 0.732. The molecule has 0 unspecified atom stereocenters. The minimum Gasteiger partial charge on any atom is -0.367 e. The standard InChI is InChI=1S/C22H27Cl2N5O2/c1-2-3-7-19(30)29-9-8-17-15(14-29)21(26-25-17)22(31)28-12-10-27(11-13-28)18-6-4-5-16(23)20(18)24/h4-6H,2-3,7-14H2,1H3,(H,25,26). The SMILES string of the molecule is CCCCC(=O)N1CCc2[nH]nc(C(=O)N3CCN(c4cccc(Cl)c4Cl)CC3)c2C1. The van der Waals surface area contributed by atoms with Gasteiger partial charge in [-0.3, -0.25) is 14.7 Å². The summed E-state index contributed by atoms with van der Waals surface area (Å²) in [7, 11) is 0. The number of nitrogens with zero attached hydrogens (tertiary/aromatic N) is 4. The fourth-order valence-electron chi connectivity index (χ4n) is 4.21. The number of carbonyl (C=O) groups excluding carboxylic acids is 2. The van der Waals surface area contributed by atoms with E-state index in [-0.39, 0.29) is 11.8 Å². The Morgan fingerprint density at radius 1 is 1.10 bits per heavy atom. The second kappa shape index (κ2) is 9.49. The van der Waals surface area contributed by atoms with Crippen LogP contribution in [0.4, 0.5) is 5.69 Å². The van der Waals surface area contributed by atoms with Gasteiger partial charge >= 0.3 is 0 Å². The summed E-state index contributed by atoms with van der Waals surface area (Å²) >= 11 is 12.5. The van der Waals surface area contributed by atoms with E-state index in [1.54, 1.807) is 6.07 Å². The summed E-state index contributed by atoms with van der Waals surface area (Å²) in [4.78, 5) is 31.5. The lowest BCUT2D eigenvalue weighted by atomic mass is 10.0. The highest BCUT2D eigenvalue weighted by Crippen LogP contribution is 2.33. The summed E-state index contributed by atoms with van der Waals surface area (Å²) in [5.74, 6) is 0.0660. The number of anilines is 1. The van der Waals surface area contributed by atoms with Crippen molar-refractivity contribution < 1.29 is 9.59 Å². The maximum Gasteiger partial charge on any atom is 0.274 e. The first-order valence-corrected chi connectivity index (χ1v) is 11.6. The van der Waals surface area contributed by atoms with Crippen LogP contribution in [0.1, 0.15) is 47.9 Å². The molecule has 1 fully saturated rings. The van der Waals surface area contributed by atoms with Gasteiger partial charge in [0, 0.05) is 63.4 Å². The molecule has 1 N–H and O–H groups in total. The summed E-state index contributed by atoms with van der Waals surface area (Å²) in [6, 6.07) is 5.59. The van der Waals surface area contributed by atoms with Crippen LogP contribution in [0, 0.1) is 0 Å². The van der Waals surface area contributed by atoms with Crippen molar-refractivity contribution in [1.82, 2.24) is 20.0 Å². The van der Waals surface area contributed by atoms with Crippen molar-refractivity contribution >= 4 is 40.7 Å². The zero-order valence-electron chi connectivity index (χ0n) is 17.7. The van der Waals surface area contributed by atoms with E-state index in [1.165, 1.54) is 0 Å². The van der Waals surface area contributed by atoms with Crippen molar-refractivity contribution in [3.05, 3.63) is 45.2 Å². The van der Waals surface area contributed by atoms with Crippen LogP contribution in [0.5, 0.6) is 0 Å². The van der Waals surface area contributed by atoms with Gasteiger partial charge in [0.2, 0.25) is 5.91 Å². The third-order valence-electron chi connectivity index (χ3n) is 6.07. The Balaban J connectivity index is 1.42. The molecule has 1 saturated heterocycles. The molecule has 2 aliphatic heterocycles. The molecule has 2 aliphatic rings. The van der Waals surface area contributed by atoms with Crippen molar-refractivity contribution in [3.63, 3.8) is 0 Å². The van der Waals surface area contributed by atoms with E-state index in [4.69, 9.17) is 23.2 Å². The molecular weight excluding hydrogens is 437 g/mol. The number of piperazine rings is 1. The molecule has 1 aromatic carbocycles. The van der Waals surface area contributed by atoms with Crippen LogP contribution in [0.2, 0.25) is 10.0 Å². The highest BCUT2D eigenvalue weighted by Gasteiger charge is 2.31. The smallest absolute Gasteiger partial charge is 0.274 e. The fourth-order valence-corrected chi connectivity index (χ4v) is 4.62. The number of carbonyl (C=O) groups is 2. The van der Waals surface area contributed by atoms with Gasteiger partial charge in [0.1, 0.15) is 0 Å². The van der Waals surface area contributed by atoms with Crippen molar-refractivity contribution in [2.75, 3.05) is 37.6 Å². The van der Waals surface area contributed by atoms with Crippen molar-refractivity contribution in [2.24, 2.45) is 0 Å². The molecule has 2 aromatic rings. The van der Waals surface area contributed by atoms with Gasteiger partial charge in [-0.25, -0.2) is 0 Å². The molecule has 31 heavy (non-hydrogen) atoms. The molecule has 0 saturated carbocycles. The van der Waals surface area contributed by atoms with Gasteiger partial charge in [0.05, 0.1) is 15.7 Å². The van der Waals surface area contributed by atoms with E-state index in [9.17, 15) is 9.59 Å². The second-order valence-electron chi connectivity index (χ2n) is 8.05. The van der Waals surface area contributed by atoms with E-state index in [0.717, 1.165) is 29.8 Å². The largest absolute Gasteiger partial charge is 0.367 e. The minimum atomic E-state index is -0.0859. The summed E-state index contributed by atoms with van der Waals surface area (Å²) in [5.41, 5.74) is 3.16. The molecule has 9 heteroatoms. The molecule has 7 nitrogen and oxygen atoms in total. The number of unbranched alkanes of at least 4 members (excludes halogenated alkanes) is 1. The Bertz CT molecular complexity index is 969. The number of halogens is 2. The van der Waals surface area contributed by atoms with Gasteiger partial charge in [0.15, 0.2) is 5.69 Å². The summed E-state index contributed by atoms with van der Waals surface area (Å²) < 4.78 is 0. The van der Waals surface area contributed by atoms with Crippen molar-refractivity contribution in [1.29, 1.82) is 0 Å². The average Bonchev–Trinajstić information content (AvgIpc) is 3.22. The number of hydrogen-bond donors (Lipinski definition) is 1. The summed E-state index contributed by atoms with van der Waals surface area (Å²) in [5, 5.41) is 8.41. The number of aromatic amines is 1. The number of amides is 2. The first-order chi connectivity index (χ1) is 15.0. The van der Waals surface area contributed by atoms with Crippen molar-refractivity contribution in [3.8, 4) is 0 Å². The number of H-pyrrole nitrogens is 1. The normalized spacial score (nSPS) is 16.4. The molecule has 0 radical (unpaired) electrons. The van der Waals surface area contributed by atoms with E-state index in [0.29, 0.717) is 67.8 Å². The van der Waals surface area contributed by atoms with E-state index in [1.807, 2.05) is 21.9 Å². The van der Waals surface area contributed by atoms with Gasteiger partial charge in [-0.05, 0) is 18.6 Å². The van der Waals surface area contributed by atoms with Gasteiger partial charge in [-0.1, -0.05) is 42.6 Å². The molecular formula is C22H27Cl2N5O2. The first-order valence-electron chi connectivity index (χ1n) is 10.8. The minimum absolute atomic E-state index is 0.0859. The maximum absolute atomic E-state index is 13.2. The lowest BCUT2D eigenvalue weighted by molar-refractivity contribution is -0.132. The van der Waals surface area contributed by atoms with Crippen LogP contribution < -0.4 is 4.90 Å². The molecule has 0 atom stereocenters. The van der Waals surface area contributed by atoms with Crippen LogP contribution in [0.25, 0.3) is 0 Å². The van der Waals surface area contributed by atoms with E-state index in [2.05, 4.69) is 22.0 Å². The van der Waals surface area contributed by atoms with Gasteiger partial charge in [-0.2, -0.15) is 5.10 Å². The predicted molar refractivity (Wildman–Crippen MR) is 122 cm³/mol.